The first-order chi connectivity index (χ1) is 18.0. The third kappa shape index (κ3) is 3.40. The molecule has 7 rings (SSSR count). The second-order valence-electron chi connectivity index (χ2n) is 11.1. The first-order valence-corrected chi connectivity index (χ1v) is 13.7. The lowest BCUT2D eigenvalue weighted by Gasteiger charge is -2.20. The molecule has 0 saturated heterocycles. The van der Waals surface area contributed by atoms with Gasteiger partial charge >= 0.3 is 0 Å². The molecule has 0 atom stereocenters. The SMILES string of the molecule is Cc1cc2ccc3c(-c4cccc5c4oc4ccccc45)nc(C(C)C)nc3c2c(C)c1C1CCCC1. The summed E-state index contributed by atoms with van der Waals surface area (Å²) in [4.78, 5) is 10.4. The molecule has 0 bridgehead atoms. The Labute approximate surface area is 217 Å². The first kappa shape index (κ1) is 22.5. The third-order valence-corrected chi connectivity index (χ3v) is 8.43. The molecule has 37 heavy (non-hydrogen) atoms. The van der Waals surface area contributed by atoms with Crippen LogP contribution in [0.4, 0.5) is 0 Å². The molecule has 1 saturated carbocycles. The number of hydrogen-bond acceptors (Lipinski definition) is 3. The molecule has 184 valence electrons. The summed E-state index contributed by atoms with van der Waals surface area (Å²) in [5.41, 5.74) is 9.22. The van der Waals surface area contributed by atoms with E-state index in [1.54, 1.807) is 5.56 Å². The molecule has 0 spiro atoms. The van der Waals surface area contributed by atoms with Crippen LogP contribution in [0.2, 0.25) is 0 Å². The molecule has 3 nitrogen and oxygen atoms in total. The number of benzene rings is 4. The molecule has 0 amide bonds. The predicted molar refractivity (Wildman–Crippen MR) is 155 cm³/mol. The third-order valence-electron chi connectivity index (χ3n) is 8.43. The summed E-state index contributed by atoms with van der Waals surface area (Å²) in [6, 6.07) is 21.5. The van der Waals surface area contributed by atoms with Crippen LogP contribution >= 0.6 is 0 Å². The summed E-state index contributed by atoms with van der Waals surface area (Å²) in [7, 11) is 0. The van der Waals surface area contributed by atoms with Gasteiger partial charge in [0.15, 0.2) is 0 Å². The van der Waals surface area contributed by atoms with Gasteiger partial charge in [0.05, 0.1) is 11.2 Å². The molecule has 1 fully saturated rings. The van der Waals surface area contributed by atoms with Crippen molar-refractivity contribution in [1.29, 1.82) is 0 Å². The summed E-state index contributed by atoms with van der Waals surface area (Å²) in [5.74, 6) is 1.76. The Morgan fingerprint density at radius 3 is 2.43 bits per heavy atom. The van der Waals surface area contributed by atoms with E-state index in [0.717, 1.165) is 49.9 Å². The van der Waals surface area contributed by atoms with Crippen molar-refractivity contribution in [1.82, 2.24) is 9.97 Å². The number of para-hydroxylation sites is 2. The molecule has 0 unspecified atom stereocenters. The van der Waals surface area contributed by atoms with E-state index < -0.39 is 0 Å². The Hall–Kier alpha value is -3.72. The van der Waals surface area contributed by atoms with Crippen molar-refractivity contribution in [3.05, 3.63) is 83.2 Å². The van der Waals surface area contributed by atoms with Gasteiger partial charge < -0.3 is 4.42 Å². The highest BCUT2D eigenvalue weighted by molar-refractivity contribution is 6.15. The fraction of sp³-hybridized carbons (Fsp3) is 0.294. The van der Waals surface area contributed by atoms with E-state index >= 15 is 0 Å². The highest BCUT2D eigenvalue weighted by Gasteiger charge is 2.24. The van der Waals surface area contributed by atoms with Gasteiger partial charge in [0.1, 0.15) is 17.0 Å². The number of rotatable bonds is 3. The smallest absolute Gasteiger partial charge is 0.144 e. The lowest BCUT2D eigenvalue weighted by atomic mass is 9.85. The average molecular weight is 485 g/mol. The Morgan fingerprint density at radius 1 is 0.838 bits per heavy atom. The highest BCUT2D eigenvalue weighted by Crippen LogP contribution is 2.43. The fourth-order valence-corrected chi connectivity index (χ4v) is 6.72. The van der Waals surface area contributed by atoms with Gasteiger partial charge in [-0.05, 0) is 72.9 Å². The number of nitrogens with zero attached hydrogens (tertiary/aromatic N) is 2. The van der Waals surface area contributed by atoms with Gasteiger partial charge in [-0.3, -0.25) is 0 Å². The molecule has 1 aliphatic carbocycles. The summed E-state index contributed by atoms with van der Waals surface area (Å²) in [6.07, 6.45) is 5.26. The number of furan rings is 1. The minimum Gasteiger partial charge on any atom is -0.455 e. The van der Waals surface area contributed by atoms with Crippen LogP contribution in [0.3, 0.4) is 0 Å². The van der Waals surface area contributed by atoms with Crippen molar-refractivity contribution in [3.63, 3.8) is 0 Å². The van der Waals surface area contributed by atoms with Crippen molar-refractivity contribution in [2.24, 2.45) is 0 Å². The maximum absolute atomic E-state index is 6.44. The van der Waals surface area contributed by atoms with E-state index in [-0.39, 0.29) is 5.92 Å². The molecule has 3 heteroatoms. The van der Waals surface area contributed by atoms with E-state index in [1.165, 1.54) is 47.6 Å². The zero-order valence-corrected chi connectivity index (χ0v) is 22.1. The number of aryl methyl sites for hydroxylation is 2. The lowest BCUT2D eigenvalue weighted by molar-refractivity contribution is 0.669. The van der Waals surface area contributed by atoms with Crippen molar-refractivity contribution in [2.45, 2.75) is 65.2 Å². The molecule has 6 aromatic rings. The number of fused-ring (bicyclic) bond motifs is 6. The molecule has 2 heterocycles. The minimum absolute atomic E-state index is 0.216. The second-order valence-corrected chi connectivity index (χ2v) is 11.1. The summed E-state index contributed by atoms with van der Waals surface area (Å²) < 4.78 is 6.44. The summed E-state index contributed by atoms with van der Waals surface area (Å²) >= 11 is 0. The molecule has 4 aromatic carbocycles. The topological polar surface area (TPSA) is 38.9 Å². The molecule has 0 radical (unpaired) electrons. The van der Waals surface area contributed by atoms with Crippen LogP contribution in [0, 0.1) is 13.8 Å². The van der Waals surface area contributed by atoms with Crippen molar-refractivity contribution in [2.75, 3.05) is 0 Å². The average Bonchev–Trinajstić information content (AvgIpc) is 3.55. The highest BCUT2D eigenvalue weighted by atomic mass is 16.3. The van der Waals surface area contributed by atoms with Gasteiger partial charge in [-0.25, -0.2) is 9.97 Å². The van der Waals surface area contributed by atoms with Crippen LogP contribution in [0.1, 0.15) is 73.9 Å². The monoisotopic (exact) mass is 484 g/mol. The Bertz CT molecular complexity index is 1840. The van der Waals surface area contributed by atoms with Crippen molar-refractivity contribution >= 4 is 43.6 Å². The molecule has 2 aromatic heterocycles. The van der Waals surface area contributed by atoms with E-state index in [2.05, 4.69) is 76.2 Å². The van der Waals surface area contributed by atoms with Gasteiger partial charge in [0.25, 0.3) is 0 Å². The van der Waals surface area contributed by atoms with Crippen LogP contribution in [-0.4, -0.2) is 9.97 Å². The largest absolute Gasteiger partial charge is 0.455 e. The zero-order chi connectivity index (χ0) is 25.3. The first-order valence-electron chi connectivity index (χ1n) is 13.7. The zero-order valence-electron chi connectivity index (χ0n) is 22.1. The van der Waals surface area contributed by atoms with Crippen LogP contribution in [0.15, 0.2) is 65.1 Å². The predicted octanol–water partition coefficient (Wildman–Crippen LogP) is 9.75. The minimum atomic E-state index is 0.216. The molecule has 1 aliphatic rings. The van der Waals surface area contributed by atoms with Crippen molar-refractivity contribution in [3.8, 4) is 11.3 Å². The molecular formula is C34H32N2O. The molecule has 0 aliphatic heterocycles. The quantitative estimate of drug-likeness (QED) is 0.235. The van der Waals surface area contributed by atoms with Crippen LogP contribution in [0.5, 0.6) is 0 Å². The van der Waals surface area contributed by atoms with Gasteiger partial charge in [-0.1, -0.05) is 69.2 Å². The maximum Gasteiger partial charge on any atom is 0.144 e. The molecule has 0 N–H and O–H groups in total. The van der Waals surface area contributed by atoms with Crippen LogP contribution < -0.4 is 0 Å². The van der Waals surface area contributed by atoms with Gasteiger partial charge in [0, 0.05) is 33.0 Å². The Kier molecular flexibility index (Phi) is 5.11. The number of hydrogen-bond donors (Lipinski definition) is 0. The van der Waals surface area contributed by atoms with E-state index in [0.29, 0.717) is 5.92 Å². The van der Waals surface area contributed by atoms with E-state index in [4.69, 9.17) is 14.4 Å². The van der Waals surface area contributed by atoms with Crippen LogP contribution in [-0.2, 0) is 0 Å². The van der Waals surface area contributed by atoms with E-state index in [9.17, 15) is 0 Å². The summed E-state index contributed by atoms with van der Waals surface area (Å²) in [6.45, 7) is 8.97. The standard InChI is InChI=1S/C34H32N2O/c1-19(2)34-35-31(27-14-9-13-25-24-12-7-8-15-28(24)37-33(25)27)26-17-16-23-18-20(3)29(22-10-5-6-11-22)21(4)30(23)32(26)36-34/h7-9,12-19,22H,5-6,10-11H2,1-4H3. The van der Waals surface area contributed by atoms with Crippen LogP contribution in [0.25, 0.3) is 54.9 Å². The molecular weight excluding hydrogens is 452 g/mol. The van der Waals surface area contributed by atoms with Crippen molar-refractivity contribution < 1.29 is 4.42 Å². The lowest BCUT2D eigenvalue weighted by Crippen LogP contribution is -2.04. The van der Waals surface area contributed by atoms with Gasteiger partial charge in [0.2, 0.25) is 0 Å². The summed E-state index contributed by atoms with van der Waals surface area (Å²) in [5, 5.41) is 5.91. The van der Waals surface area contributed by atoms with Gasteiger partial charge in [-0.15, -0.1) is 0 Å². The number of aromatic nitrogens is 2. The maximum atomic E-state index is 6.44. The Balaban J connectivity index is 1.59. The normalized spacial score (nSPS) is 14.7. The fourth-order valence-electron chi connectivity index (χ4n) is 6.72. The van der Waals surface area contributed by atoms with E-state index in [1.807, 2.05) is 12.1 Å². The Morgan fingerprint density at radius 2 is 1.62 bits per heavy atom. The van der Waals surface area contributed by atoms with Gasteiger partial charge in [-0.2, -0.15) is 0 Å². The second kappa shape index (κ2) is 8.41.